The Kier molecular flexibility index (Phi) is 3.84. The van der Waals surface area contributed by atoms with Gasteiger partial charge >= 0.3 is 0 Å². The molecule has 1 saturated carbocycles. The van der Waals surface area contributed by atoms with Crippen LogP contribution in [-0.4, -0.2) is 47.9 Å². The topological polar surface area (TPSA) is 23.6 Å². The molecule has 1 amide bonds. The number of rotatable bonds is 3. The van der Waals surface area contributed by atoms with E-state index in [1.807, 2.05) is 6.92 Å². The first-order valence-corrected chi connectivity index (χ1v) is 8.19. The molecule has 2 heterocycles. The molecule has 3 heteroatoms. The van der Waals surface area contributed by atoms with Crippen molar-refractivity contribution < 1.29 is 4.79 Å². The quantitative estimate of drug-likeness (QED) is 0.781. The lowest BCUT2D eigenvalue weighted by molar-refractivity contribution is -0.133. The number of carbonyl (C=O) groups excluding carboxylic acids is 1. The lowest BCUT2D eigenvalue weighted by Crippen LogP contribution is -2.43. The molecule has 108 valence electrons. The summed E-state index contributed by atoms with van der Waals surface area (Å²) in [5.74, 6) is 2.95. The second kappa shape index (κ2) is 5.43. The van der Waals surface area contributed by atoms with Gasteiger partial charge < -0.3 is 9.80 Å². The fourth-order valence-corrected chi connectivity index (χ4v) is 4.37. The highest BCUT2D eigenvalue weighted by Gasteiger charge is 2.46. The summed E-state index contributed by atoms with van der Waals surface area (Å²) in [6.45, 7) is 9.30. The maximum absolute atomic E-state index is 11.9. The van der Waals surface area contributed by atoms with Gasteiger partial charge in [-0.05, 0) is 56.5 Å². The molecule has 0 radical (unpaired) electrons. The van der Waals surface area contributed by atoms with Gasteiger partial charge in [0.1, 0.15) is 0 Å². The molecule has 0 aromatic carbocycles. The van der Waals surface area contributed by atoms with E-state index in [0.717, 1.165) is 24.3 Å². The van der Waals surface area contributed by atoms with Crippen LogP contribution in [0.5, 0.6) is 0 Å². The lowest BCUT2D eigenvalue weighted by Gasteiger charge is -2.36. The largest absolute Gasteiger partial charge is 0.339 e. The van der Waals surface area contributed by atoms with E-state index in [1.54, 1.807) is 0 Å². The molecule has 3 unspecified atom stereocenters. The minimum absolute atomic E-state index is 0.373. The van der Waals surface area contributed by atoms with Crippen molar-refractivity contribution in [3.8, 4) is 0 Å². The van der Waals surface area contributed by atoms with E-state index in [9.17, 15) is 4.79 Å². The number of carbonyl (C=O) groups is 1. The summed E-state index contributed by atoms with van der Waals surface area (Å²) in [5, 5.41) is 0. The second-order valence-corrected chi connectivity index (χ2v) is 7.03. The summed E-state index contributed by atoms with van der Waals surface area (Å²) in [5.41, 5.74) is 0. The minimum atomic E-state index is 0.373. The number of nitrogens with zero attached hydrogens (tertiary/aromatic N) is 2. The van der Waals surface area contributed by atoms with Crippen molar-refractivity contribution in [2.24, 2.45) is 17.8 Å². The van der Waals surface area contributed by atoms with Gasteiger partial charge in [0, 0.05) is 25.6 Å². The third kappa shape index (κ3) is 2.67. The van der Waals surface area contributed by atoms with E-state index in [-0.39, 0.29) is 0 Å². The summed E-state index contributed by atoms with van der Waals surface area (Å²) in [6, 6.07) is 0.575. The number of amides is 1. The summed E-state index contributed by atoms with van der Waals surface area (Å²) < 4.78 is 0. The Morgan fingerprint density at radius 2 is 1.95 bits per heavy atom. The molecule has 2 aliphatic heterocycles. The molecule has 0 aromatic rings. The van der Waals surface area contributed by atoms with Gasteiger partial charge in [-0.2, -0.15) is 0 Å². The first-order valence-electron chi connectivity index (χ1n) is 8.19. The van der Waals surface area contributed by atoms with Gasteiger partial charge in [0.2, 0.25) is 5.91 Å². The Labute approximate surface area is 117 Å². The van der Waals surface area contributed by atoms with Gasteiger partial charge in [0.05, 0.1) is 0 Å². The first kappa shape index (κ1) is 13.4. The van der Waals surface area contributed by atoms with E-state index in [0.29, 0.717) is 18.4 Å². The second-order valence-electron chi connectivity index (χ2n) is 7.03. The van der Waals surface area contributed by atoms with Crippen LogP contribution in [0.25, 0.3) is 0 Å². The lowest BCUT2D eigenvalue weighted by atomic mass is 9.92. The third-order valence-electron chi connectivity index (χ3n) is 5.68. The summed E-state index contributed by atoms with van der Waals surface area (Å²) >= 11 is 0. The number of piperidine rings is 2. The highest BCUT2D eigenvalue weighted by molar-refractivity contribution is 5.76. The monoisotopic (exact) mass is 264 g/mol. The third-order valence-corrected chi connectivity index (χ3v) is 5.68. The molecule has 0 aromatic heterocycles. The van der Waals surface area contributed by atoms with Crippen LogP contribution in [0.3, 0.4) is 0 Å². The standard InChI is InChI=1S/C16H28N2O/c1-3-16(19)18-11-14-9-15(18)8-13(14)10-17-6-4-12(2)5-7-17/h12-15H,3-11H2,1-2H3. The Morgan fingerprint density at radius 3 is 2.53 bits per heavy atom. The maximum atomic E-state index is 11.9. The van der Waals surface area contributed by atoms with Crippen molar-refractivity contribution in [1.29, 1.82) is 0 Å². The van der Waals surface area contributed by atoms with Gasteiger partial charge in [0.15, 0.2) is 0 Å². The van der Waals surface area contributed by atoms with E-state index < -0.39 is 0 Å². The van der Waals surface area contributed by atoms with E-state index in [2.05, 4.69) is 16.7 Å². The molecular weight excluding hydrogens is 236 g/mol. The molecule has 3 atom stereocenters. The average molecular weight is 264 g/mol. The predicted octanol–water partition coefficient (Wildman–Crippen LogP) is 2.37. The zero-order valence-corrected chi connectivity index (χ0v) is 12.5. The van der Waals surface area contributed by atoms with Crippen molar-refractivity contribution >= 4 is 5.91 Å². The fraction of sp³-hybridized carbons (Fsp3) is 0.938. The molecule has 3 fully saturated rings. The average Bonchev–Trinajstić information content (AvgIpc) is 3.00. The summed E-state index contributed by atoms with van der Waals surface area (Å²) in [7, 11) is 0. The van der Waals surface area contributed by atoms with Crippen molar-refractivity contribution in [3.05, 3.63) is 0 Å². The highest BCUT2D eigenvalue weighted by Crippen LogP contribution is 2.42. The van der Waals surface area contributed by atoms with E-state index in [1.165, 1.54) is 45.3 Å². The Hall–Kier alpha value is -0.570. The zero-order valence-electron chi connectivity index (χ0n) is 12.5. The number of fused-ring (bicyclic) bond motifs is 2. The van der Waals surface area contributed by atoms with Crippen molar-refractivity contribution in [2.75, 3.05) is 26.2 Å². The molecule has 3 rings (SSSR count). The van der Waals surface area contributed by atoms with Gasteiger partial charge in [0.25, 0.3) is 0 Å². The summed E-state index contributed by atoms with van der Waals surface area (Å²) in [6.07, 6.45) is 5.98. The van der Waals surface area contributed by atoms with Crippen LogP contribution in [0.4, 0.5) is 0 Å². The predicted molar refractivity (Wildman–Crippen MR) is 76.8 cm³/mol. The van der Waals surface area contributed by atoms with Crippen LogP contribution < -0.4 is 0 Å². The Balaban J connectivity index is 1.50. The van der Waals surface area contributed by atoms with Gasteiger partial charge in [-0.25, -0.2) is 0 Å². The molecule has 0 spiro atoms. The molecule has 2 bridgehead atoms. The smallest absolute Gasteiger partial charge is 0.222 e. The molecule has 2 saturated heterocycles. The van der Waals surface area contributed by atoms with E-state index >= 15 is 0 Å². The van der Waals surface area contributed by atoms with Crippen LogP contribution in [0.2, 0.25) is 0 Å². The summed E-state index contributed by atoms with van der Waals surface area (Å²) in [4.78, 5) is 16.7. The molecule has 3 aliphatic rings. The number of hydrogen-bond acceptors (Lipinski definition) is 2. The minimum Gasteiger partial charge on any atom is -0.339 e. The molecule has 1 aliphatic carbocycles. The maximum Gasteiger partial charge on any atom is 0.222 e. The zero-order chi connectivity index (χ0) is 13.4. The number of likely N-dealkylation sites (tertiary alicyclic amines) is 2. The number of hydrogen-bond donors (Lipinski definition) is 0. The van der Waals surface area contributed by atoms with Crippen molar-refractivity contribution in [2.45, 2.75) is 52.0 Å². The Morgan fingerprint density at radius 1 is 1.21 bits per heavy atom. The van der Waals surface area contributed by atoms with Crippen LogP contribution in [0.15, 0.2) is 0 Å². The van der Waals surface area contributed by atoms with Crippen LogP contribution >= 0.6 is 0 Å². The van der Waals surface area contributed by atoms with Crippen LogP contribution in [0, 0.1) is 17.8 Å². The van der Waals surface area contributed by atoms with Gasteiger partial charge in [-0.1, -0.05) is 13.8 Å². The Bertz CT molecular complexity index is 336. The van der Waals surface area contributed by atoms with Crippen LogP contribution in [0.1, 0.15) is 46.0 Å². The van der Waals surface area contributed by atoms with Gasteiger partial charge in [-0.15, -0.1) is 0 Å². The first-order chi connectivity index (χ1) is 9.17. The molecular formula is C16H28N2O. The van der Waals surface area contributed by atoms with Crippen molar-refractivity contribution in [1.82, 2.24) is 9.80 Å². The van der Waals surface area contributed by atoms with Crippen molar-refractivity contribution in [3.63, 3.8) is 0 Å². The molecule has 3 nitrogen and oxygen atoms in total. The molecule has 19 heavy (non-hydrogen) atoms. The highest BCUT2D eigenvalue weighted by atomic mass is 16.2. The van der Waals surface area contributed by atoms with E-state index in [4.69, 9.17) is 0 Å². The van der Waals surface area contributed by atoms with Gasteiger partial charge in [-0.3, -0.25) is 4.79 Å². The SMILES string of the molecule is CCC(=O)N1CC2CC1CC2CN1CCC(C)CC1. The molecule has 0 N–H and O–H groups in total. The normalized spacial score (nSPS) is 36.1. The fourth-order valence-electron chi connectivity index (χ4n) is 4.37. The van der Waals surface area contributed by atoms with Crippen LogP contribution in [-0.2, 0) is 4.79 Å².